The quantitative estimate of drug-likeness (QED) is 0.658. The first kappa shape index (κ1) is 23.0. The molecule has 33 heavy (non-hydrogen) atoms. The Hall–Kier alpha value is -3.22. The third-order valence-electron chi connectivity index (χ3n) is 6.70. The van der Waals surface area contributed by atoms with Gasteiger partial charge in [-0.25, -0.2) is 4.79 Å². The van der Waals surface area contributed by atoms with Crippen molar-refractivity contribution in [1.82, 2.24) is 20.1 Å². The highest BCUT2D eigenvalue weighted by molar-refractivity contribution is 6.05. The molecule has 0 unspecified atom stereocenters. The van der Waals surface area contributed by atoms with Gasteiger partial charge in [-0.3, -0.25) is 19.5 Å². The second-order valence-corrected chi connectivity index (χ2v) is 9.05. The molecule has 2 aliphatic heterocycles. The van der Waals surface area contributed by atoms with Crippen LogP contribution in [0.4, 0.5) is 4.79 Å². The molecule has 7 nitrogen and oxygen atoms in total. The summed E-state index contributed by atoms with van der Waals surface area (Å²) in [6.45, 7) is 5.71. The fraction of sp³-hybridized carbons (Fsp3) is 0.462. The molecule has 7 heteroatoms. The average molecular weight is 449 g/mol. The number of imide groups is 1. The Balaban J connectivity index is 1.28. The van der Waals surface area contributed by atoms with Gasteiger partial charge in [-0.1, -0.05) is 37.3 Å². The summed E-state index contributed by atoms with van der Waals surface area (Å²) in [5.74, 6) is -0.0403. The summed E-state index contributed by atoms with van der Waals surface area (Å²) >= 11 is 0. The van der Waals surface area contributed by atoms with E-state index in [4.69, 9.17) is 4.98 Å². The molecule has 2 aromatic rings. The fourth-order valence-electron chi connectivity index (χ4n) is 4.69. The predicted octanol–water partition coefficient (Wildman–Crippen LogP) is 3.41. The highest BCUT2D eigenvalue weighted by Crippen LogP contribution is 2.27. The van der Waals surface area contributed by atoms with Crippen LogP contribution in [0.5, 0.6) is 0 Å². The second-order valence-electron chi connectivity index (χ2n) is 9.05. The van der Waals surface area contributed by atoms with Crippen molar-refractivity contribution in [3.63, 3.8) is 0 Å². The standard InChI is InChI=1S/C26H32N4O3/c1-3-12-30-25(32)23(28-26(30)33)16-24(31)29-13-10-20(11-14-29)22-9-8-19(17-27-22)15-21-7-5-4-6-18(21)2/h4-9,17,20,23H,3,10-16H2,1-2H3,(H,28,33)/t23-/m0/s1. The SMILES string of the molecule is CCCN1C(=O)N[C@@H](CC(=O)N2CCC(c3ccc(Cc4ccccc4C)cn3)CC2)C1=O. The van der Waals surface area contributed by atoms with Crippen LogP contribution in [0.25, 0.3) is 0 Å². The van der Waals surface area contributed by atoms with Crippen LogP contribution in [0, 0.1) is 6.92 Å². The largest absolute Gasteiger partial charge is 0.343 e. The molecule has 2 saturated heterocycles. The lowest BCUT2D eigenvalue weighted by molar-refractivity contribution is -0.136. The van der Waals surface area contributed by atoms with E-state index in [1.165, 1.54) is 21.6 Å². The van der Waals surface area contributed by atoms with E-state index in [0.29, 0.717) is 32.0 Å². The molecule has 1 aromatic heterocycles. The molecule has 0 radical (unpaired) electrons. The Kier molecular flexibility index (Phi) is 7.06. The summed E-state index contributed by atoms with van der Waals surface area (Å²) in [5, 5.41) is 2.65. The van der Waals surface area contributed by atoms with E-state index in [9.17, 15) is 14.4 Å². The summed E-state index contributed by atoms with van der Waals surface area (Å²) in [6.07, 6.45) is 5.27. The average Bonchev–Trinajstić information content (AvgIpc) is 3.09. The monoisotopic (exact) mass is 448 g/mol. The van der Waals surface area contributed by atoms with Crippen molar-refractivity contribution in [3.8, 4) is 0 Å². The Morgan fingerprint density at radius 1 is 1.12 bits per heavy atom. The van der Waals surface area contributed by atoms with Crippen molar-refractivity contribution < 1.29 is 14.4 Å². The molecule has 1 atom stereocenters. The molecule has 2 fully saturated rings. The number of amides is 4. The summed E-state index contributed by atoms with van der Waals surface area (Å²) < 4.78 is 0. The van der Waals surface area contributed by atoms with Crippen LogP contribution in [0.15, 0.2) is 42.6 Å². The highest BCUT2D eigenvalue weighted by atomic mass is 16.2. The van der Waals surface area contributed by atoms with Crippen LogP contribution in [0.3, 0.4) is 0 Å². The number of carbonyl (C=O) groups excluding carboxylic acids is 3. The molecule has 0 saturated carbocycles. The van der Waals surface area contributed by atoms with Gasteiger partial charge in [0.2, 0.25) is 5.91 Å². The van der Waals surface area contributed by atoms with Crippen LogP contribution in [-0.2, 0) is 16.0 Å². The zero-order valence-electron chi connectivity index (χ0n) is 19.4. The van der Waals surface area contributed by atoms with Gasteiger partial charge in [0, 0.05) is 37.4 Å². The first-order valence-corrected chi connectivity index (χ1v) is 11.8. The zero-order valence-corrected chi connectivity index (χ0v) is 19.4. The van der Waals surface area contributed by atoms with Gasteiger partial charge < -0.3 is 10.2 Å². The number of rotatable bonds is 7. The van der Waals surface area contributed by atoms with Crippen molar-refractivity contribution in [3.05, 3.63) is 65.0 Å². The van der Waals surface area contributed by atoms with Gasteiger partial charge in [0.15, 0.2) is 0 Å². The molecule has 0 spiro atoms. The summed E-state index contributed by atoms with van der Waals surface area (Å²) in [4.78, 5) is 44.8. The maximum atomic E-state index is 12.7. The van der Waals surface area contributed by atoms with E-state index >= 15 is 0 Å². The van der Waals surface area contributed by atoms with Gasteiger partial charge in [-0.15, -0.1) is 0 Å². The third kappa shape index (κ3) is 5.24. The number of piperidine rings is 1. The first-order chi connectivity index (χ1) is 16.0. The van der Waals surface area contributed by atoms with E-state index in [-0.39, 0.29) is 18.2 Å². The zero-order chi connectivity index (χ0) is 23.4. The molecule has 1 N–H and O–H groups in total. The second kappa shape index (κ2) is 10.1. The maximum Gasteiger partial charge on any atom is 0.324 e. The van der Waals surface area contributed by atoms with E-state index in [1.807, 2.05) is 18.0 Å². The molecule has 0 bridgehead atoms. The Morgan fingerprint density at radius 2 is 1.88 bits per heavy atom. The lowest BCUT2D eigenvalue weighted by Crippen LogP contribution is -2.42. The first-order valence-electron chi connectivity index (χ1n) is 11.8. The number of urea groups is 1. The normalized spacial score (nSPS) is 19.2. The number of hydrogen-bond donors (Lipinski definition) is 1. The number of aromatic nitrogens is 1. The van der Waals surface area contributed by atoms with E-state index < -0.39 is 12.1 Å². The number of nitrogens with one attached hydrogen (secondary N) is 1. The summed E-state index contributed by atoms with van der Waals surface area (Å²) in [5.41, 5.74) is 4.87. The van der Waals surface area contributed by atoms with Crippen LogP contribution in [-0.4, -0.2) is 58.3 Å². The molecular formula is C26H32N4O3. The van der Waals surface area contributed by atoms with Crippen molar-refractivity contribution >= 4 is 17.8 Å². The fourth-order valence-corrected chi connectivity index (χ4v) is 4.69. The molecule has 4 amide bonds. The van der Waals surface area contributed by atoms with Crippen molar-refractivity contribution in [2.75, 3.05) is 19.6 Å². The van der Waals surface area contributed by atoms with Crippen LogP contribution >= 0.6 is 0 Å². The van der Waals surface area contributed by atoms with Crippen LogP contribution in [0.2, 0.25) is 0 Å². The lowest BCUT2D eigenvalue weighted by atomic mass is 9.92. The number of aryl methyl sites for hydroxylation is 1. The van der Waals surface area contributed by atoms with Gasteiger partial charge in [0.1, 0.15) is 6.04 Å². The van der Waals surface area contributed by atoms with Gasteiger partial charge in [0.25, 0.3) is 5.91 Å². The van der Waals surface area contributed by atoms with E-state index in [0.717, 1.165) is 25.0 Å². The molecule has 174 valence electrons. The van der Waals surface area contributed by atoms with Crippen LogP contribution < -0.4 is 5.32 Å². The van der Waals surface area contributed by atoms with Crippen molar-refractivity contribution in [2.24, 2.45) is 0 Å². The van der Waals surface area contributed by atoms with Gasteiger partial charge in [-0.2, -0.15) is 0 Å². The minimum absolute atomic E-state index is 0.0291. The van der Waals surface area contributed by atoms with Gasteiger partial charge in [0.05, 0.1) is 6.42 Å². The van der Waals surface area contributed by atoms with Crippen molar-refractivity contribution in [2.45, 2.75) is 57.9 Å². The number of nitrogens with zero attached hydrogens (tertiary/aromatic N) is 3. The molecule has 4 rings (SSSR count). The van der Waals surface area contributed by atoms with Crippen LogP contribution in [0.1, 0.15) is 60.9 Å². The smallest absolute Gasteiger partial charge is 0.324 e. The predicted molar refractivity (Wildman–Crippen MR) is 126 cm³/mol. The highest BCUT2D eigenvalue weighted by Gasteiger charge is 2.39. The Bertz CT molecular complexity index is 1010. The number of hydrogen-bond acceptors (Lipinski definition) is 4. The maximum absolute atomic E-state index is 12.7. The summed E-state index contributed by atoms with van der Waals surface area (Å²) in [7, 11) is 0. The lowest BCUT2D eigenvalue weighted by Gasteiger charge is -2.32. The molecule has 1 aromatic carbocycles. The number of carbonyl (C=O) groups is 3. The molecule has 2 aliphatic rings. The topological polar surface area (TPSA) is 82.6 Å². The van der Waals surface area contributed by atoms with E-state index in [1.54, 1.807) is 0 Å². The Morgan fingerprint density at radius 3 is 2.55 bits per heavy atom. The molecule has 3 heterocycles. The molecular weight excluding hydrogens is 416 g/mol. The van der Waals surface area contributed by atoms with Gasteiger partial charge >= 0.3 is 6.03 Å². The Labute approximate surface area is 195 Å². The van der Waals surface area contributed by atoms with E-state index in [2.05, 4.69) is 48.6 Å². The number of likely N-dealkylation sites (tertiary alicyclic amines) is 1. The minimum atomic E-state index is -0.739. The number of pyridine rings is 1. The third-order valence-corrected chi connectivity index (χ3v) is 6.70. The summed E-state index contributed by atoms with van der Waals surface area (Å²) in [6, 6.07) is 11.5. The van der Waals surface area contributed by atoms with Crippen molar-refractivity contribution in [1.29, 1.82) is 0 Å². The number of benzene rings is 1. The molecule has 0 aliphatic carbocycles. The minimum Gasteiger partial charge on any atom is -0.343 e. The van der Waals surface area contributed by atoms with Gasteiger partial charge in [-0.05, 0) is 55.4 Å².